The number of hydrogen-bond donors (Lipinski definition) is 0. The van der Waals surface area contributed by atoms with Gasteiger partial charge in [0.15, 0.2) is 0 Å². The second kappa shape index (κ2) is 6.70. The Morgan fingerprint density at radius 3 is 2.23 bits per heavy atom. The number of nitrogens with zero attached hydrogens (tertiary/aromatic N) is 1. The van der Waals surface area contributed by atoms with Gasteiger partial charge in [-0.15, -0.1) is 0 Å². The summed E-state index contributed by atoms with van der Waals surface area (Å²) in [6, 6.07) is 0. The Hall–Kier alpha value is -0.790. The van der Waals surface area contributed by atoms with E-state index in [-0.39, 0.29) is 5.91 Å². The quantitative estimate of drug-likeness (QED) is 0.600. The number of likely N-dealkylation sites (N-methyl/N-ethyl adjacent to an activating group) is 1. The maximum atomic E-state index is 11.6. The summed E-state index contributed by atoms with van der Waals surface area (Å²) in [7, 11) is 3.61. The van der Waals surface area contributed by atoms with Crippen LogP contribution in [0.2, 0.25) is 0 Å². The van der Waals surface area contributed by atoms with Crippen molar-refractivity contribution in [3.8, 4) is 0 Å². The van der Waals surface area contributed by atoms with E-state index in [4.69, 9.17) is 0 Å². The number of hydrogen-bond acceptors (Lipinski definition) is 1. The van der Waals surface area contributed by atoms with Gasteiger partial charge >= 0.3 is 0 Å². The summed E-state index contributed by atoms with van der Waals surface area (Å²) >= 11 is 0. The number of unbranched alkanes of at least 4 members (excludes halogenated alkanes) is 1. The molecule has 0 rings (SSSR count). The van der Waals surface area contributed by atoms with Gasteiger partial charge in [0.25, 0.3) is 0 Å². The van der Waals surface area contributed by atoms with E-state index in [1.54, 1.807) is 19.0 Å². The van der Waals surface area contributed by atoms with E-state index >= 15 is 0 Å². The van der Waals surface area contributed by atoms with Crippen LogP contribution in [-0.2, 0) is 4.79 Å². The maximum absolute atomic E-state index is 11.6. The summed E-state index contributed by atoms with van der Waals surface area (Å²) in [6.07, 6.45) is 6.13. The highest BCUT2D eigenvalue weighted by molar-refractivity contribution is 5.92. The molecular formula is C11H21NO. The summed E-state index contributed by atoms with van der Waals surface area (Å²) in [5.74, 6) is 0.162. The Morgan fingerprint density at radius 2 is 1.85 bits per heavy atom. The Morgan fingerprint density at radius 1 is 1.23 bits per heavy atom. The van der Waals surface area contributed by atoms with E-state index in [2.05, 4.69) is 19.9 Å². The Balaban J connectivity index is 4.31. The van der Waals surface area contributed by atoms with Crippen LogP contribution in [0.1, 0.15) is 39.5 Å². The number of allylic oxidation sites excluding steroid dienone is 1. The van der Waals surface area contributed by atoms with Crippen LogP contribution in [0.5, 0.6) is 0 Å². The molecule has 0 aromatic rings. The lowest BCUT2D eigenvalue weighted by molar-refractivity contribution is -0.124. The van der Waals surface area contributed by atoms with E-state index in [1.807, 2.05) is 0 Å². The largest absolute Gasteiger partial charge is 0.345 e. The van der Waals surface area contributed by atoms with Crippen LogP contribution < -0.4 is 0 Å². The monoisotopic (exact) mass is 183 g/mol. The van der Waals surface area contributed by atoms with E-state index in [1.165, 1.54) is 0 Å². The van der Waals surface area contributed by atoms with Gasteiger partial charge in [0.1, 0.15) is 0 Å². The molecule has 0 heterocycles. The fraction of sp³-hybridized carbons (Fsp3) is 0.727. The fourth-order valence-electron chi connectivity index (χ4n) is 1.17. The van der Waals surface area contributed by atoms with E-state index in [9.17, 15) is 4.79 Å². The average molecular weight is 183 g/mol. The highest BCUT2D eigenvalue weighted by Gasteiger charge is 2.09. The fourth-order valence-corrected chi connectivity index (χ4v) is 1.17. The van der Waals surface area contributed by atoms with E-state index < -0.39 is 0 Å². The van der Waals surface area contributed by atoms with Crippen molar-refractivity contribution in [2.24, 2.45) is 0 Å². The summed E-state index contributed by atoms with van der Waals surface area (Å²) in [4.78, 5) is 13.2. The topological polar surface area (TPSA) is 20.3 Å². The minimum Gasteiger partial charge on any atom is -0.345 e. The SMILES string of the molecule is CCC/C=C(\CCC)C(=O)N(C)C. The van der Waals surface area contributed by atoms with Crippen molar-refractivity contribution in [1.29, 1.82) is 0 Å². The lowest BCUT2D eigenvalue weighted by Gasteiger charge is -2.12. The molecule has 0 unspecified atom stereocenters. The molecule has 0 aliphatic heterocycles. The van der Waals surface area contributed by atoms with Crippen LogP contribution >= 0.6 is 0 Å². The normalized spacial score (nSPS) is 11.5. The van der Waals surface area contributed by atoms with Crippen LogP contribution in [-0.4, -0.2) is 24.9 Å². The van der Waals surface area contributed by atoms with Crippen molar-refractivity contribution in [2.75, 3.05) is 14.1 Å². The molecule has 0 aromatic carbocycles. The Bertz CT molecular complexity index is 183. The number of rotatable bonds is 5. The predicted octanol–water partition coefficient (Wildman–Crippen LogP) is 2.60. The molecule has 0 aromatic heterocycles. The molecule has 0 radical (unpaired) electrons. The van der Waals surface area contributed by atoms with Crippen molar-refractivity contribution in [3.63, 3.8) is 0 Å². The van der Waals surface area contributed by atoms with Crippen molar-refractivity contribution >= 4 is 5.91 Å². The van der Waals surface area contributed by atoms with Gasteiger partial charge in [-0.2, -0.15) is 0 Å². The Kier molecular flexibility index (Phi) is 6.29. The molecule has 2 heteroatoms. The summed E-state index contributed by atoms with van der Waals surface area (Å²) < 4.78 is 0. The lowest BCUT2D eigenvalue weighted by atomic mass is 10.1. The molecule has 0 spiro atoms. The summed E-state index contributed by atoms with van der Waals surface area (Å²) in [5.41, 5.74) is 0.967. The Labute approximate surface area is 81.6 Å². The standard InChI is InChI=1S/C11H21NO/c1-5-7-9-10(8-6-2)11(13)12(3)4/h9H,5-8H2,1-4H3/b10-9+. The molecule has 0 aliphatic rings. The van der Waals surface area contributed by atoms with Gasteiger partial charge in [0, 0.05) is 19.7 Å². The molecule has 0 fully saturated rings. The van der Waals surface area contributed by atoms with Crippen molar-refractivity contribution < 1.29 is 4.79 Å². The molecule has 0 saturated carbocycles. The smallest absolute Gasteiger partial charge is 0.248 e. The second-order valence-electron chi connectivity index (χ2n) is 3.47. The van der Waals surface area contributed by atoms with Gasteiger partial charge < -0.3 is 4.90 Å². The zero-order valence-corrected chi connectivity index (χ0v) is 9.26. The molecule has 0 bridgehead atoms. The third kappa shape index (κ3) is 4.71. The van der Waals surface area contributed by atoms with Gasteiger partial charge in [-0.1, -0.05) is 32.8 Å². The zero-order chi connectivity index (χ0) is 10.3. The van der Waals surface area contributed by atoms with Crippen LogP contribution in [0.3, 0.4) is 0 Å². The van der Waals surface area contributed by atoms with Crippen molar-refractivity contribution in [2.45, 2.75) is 39.5 Å². The van der Waals surface area contributed by atoms with Crippen LogP contribution in [0.4, 0.5) is 0 Å². The molecule has 0 N–H and O–H groups in total. The molecule has 2 nitrogen and oxygen atoms in total. The molecular weight excluding hydrogens is 162 g/mol. The van der Waals surface area contributed by atoms with Gasteiger partial charge in [0.2, 0.25) is 5.91 Å². The zero-order valence-electron chi connectivity index (χ0n) is 9.26. The third-order valence-corrected chi connectivity index (χ3v) is 1.88. The van der Waals surface area contributed by atoms with Gasteiger partial charge in [-0.25, -0.2) is 0 Å². The van der Waals surface area contributed by atoms with Gasteiger partial charge in [-0.05, 0) is 12.8 Å². The van der Waals surface area contributed by atoms with Gasteiger partial charge in [-0.3, -0.25) is 4.79 Å². The lowest BCUT2D eigenvalue weighted by Crippen LogP contribution is -2.23. The molecule has 1 amide bonds. The molecule has 0 atom stereocenters. The van der Waals surface area contributed by atoms with Crippen LogP contribution in [0, 0.1) is 0 Å². The minimum absolute atomic E-state index is 0.162. The average Bonchev–Trinajstić information content (AvgIpc) is 2.11. The summed E-state index contributed by atoms with van der Waals surface area (Å²) in [5, 5.41) is 0. The first-order valence-electron chi connectivity index (χ1n) is 5.04. The van der Waals surface area contributed by atoms with Crippen LogP contribution in [0.25, 0.3) is 0 Å². The predicted molar refractivity (Wildman–Crippen MR) is 56.6 cm³/mol. The first kappa shape index (κ1) is 12.2. The molecule has 0 saturated heterocycles. The first-order chi connectivity index (χ1) is 6.13. The van der Waals surface area contributed by atoms with Crippen molar-refractivity contribution in [1.82, 2.24) is 4.90 Å². The van der Waals surface area contributed by atoms with Crippen molar-refractivity contribution in [3.05, 3.63) is 11.6 Å². The second-order valence-corrected chi connectivity index (χ2v) is 3.47. The number of carbonyl (C=O) groups is 1. The van der Waals surface area contributed by atoms with E-state index in [0.29, 0.717) is 0 Å². The maximum Gasteiger partial charge on any atom is 0.248 e. The molecule has 13 heavy (non-hydrogen) atoms. The highest BCUT2D eigenvalue weighted by atomic mass is 16.2. The minimum atomic E-state index is 0.162. The van der Waals surface area contributed by atoms with Crippen LogP contribution in [0.15, 0.2) is 11.6 Å². The molecule has 76 valence electrons. The third-order valence-electron chi connectivity index (χ3n) is 1.88. The molecule has 0 aliphatic carbocycles. The first-order valence-corrected chi connectivity index (χ1v) is 5.04. The highest BCUT2D eigenvalue weighted by Crippen LogP contribution is 2.09. The van der Waals surface area contributed by atoms with Gasteiger partial charge in [0.05, 0.1) is 0 Å². The number of carbonyl (C=O) groups excluding carboxylic acids is 1. The van der Waals surface area contributed by atoms with E-state index in [0.717, 1.165) is 31.3 Å². The summed E-state index contributed by atoms with van der Waals surface area (Å²) in [6.45, 7) is 4.23. The number of amides is 1.